The maximum atomic E-state index is 2.39. The van der Waals surface area contributed by atoms with Crippen LogP contribution in [0.15, 0.2) is 94.7 Å². The summed E-state index contributed by atoms with van der Waals surface area (Å²) in [4.78, 5) is 2.70. The number of pyridine rings is 1. The molecule has 1 aromatic heterocycles. The van der Waals surface area contributed by atoms with Crippen molar-refractivity contribution in [1.82, 2.24) is 0 Å². The summed E-state index contributed by atoms with van der Waals surface area (Å²) in [5.74, 6) is 0. The summed E-state index contributed by atoms with van der Waals surface area (Å²) >= 11 is 1.91. The Balaban J connectivity index is 1.87. The fraction of sp³-hybridized carbons (Fsp3) is 0.0741. The van der Waals surface area contributed by atoms with Crippen molar-refractivity contribution >= 4 is 33.4 Å². The molecule has 2 heterocycles. The van der Waals surface area contributed by atoms with Gasteiger partial charge in [0.05, 0.1) is 15.8 Å². The fourth-order valence-corrected chi connectivity index (χ4v) is 6.07. The molecular formula is C27H20NS+. The summed E-state index contributed by atoms with van der Waals surface area (Å²) in [7, 11) is 2.21. The van der Waals surface area contributed by atoms with E-state index in [9.17, 15) is 0 Å². The van der Waals surface area contributed by atoms with Gasteiger partial charge in [0.1, 0.15) is 7.05 Å². The highest BCUT2D eigenvalue weighted by Crippen LogP contribution is 2.52. The molecule has 0 amide bonds. The second-order valence-electron chi connectivity index (χ2n) is 7.71. The number of aryl methyl sites for hydroxylation is 2. The van der Waals surface area contributed by atoms with Gasteiger partial charge in [0.2, 0.25) is 11.2 Å². The van der Waals surface area contributed by atoms with Gasteiger partial charge in [0.25, 0.3) is 0 Å². The third-order valence-electron chi connectivity index (χ3n) is 6.04. The molecule has 4 aromatic carbocycles. The topological polar surface area (TPSA) is 3.88 Å². The monoisotopic (exact) mass is 390 g/mol. The lowest BCUT2D eigenvalue weighted by atomic mass is 9.92. The van der Waals surface area contributed by atoms with Crippen LogP contribution >= 0.6 is 11.8 Å². The predicted molar refractivity (Wildman–Crippen MR) is 122 cm³/mol. The van der Waals surface area contributed by atoms with E-state index < -0.39 is 0 Å². The minimum Gasteiger partial charge on any atom is -0.193 e. The van der Waals surface area contributed by atoms with Crippen LogP contribution in [0.25, 0.3) is 44.1 Å². The second kappa shape index (κ2) is 6.20. The normalized spacial score (nSPS) is 12.3. The zero-order chi connectivity index (χ0) is 19.5. The summed E-state index contributed by atoms with van der Waals surface area (Å²) in [5.41, 5.74) is 7.91. The molecule has 138 valence electrons. The van der Waals surface area contributed by atoms with Gasteiger partial charge in [-0.2, -0.15) is 4.57 Å². The van der Waals surface area contributed by atoms with Crippen LogP contribution in [0, 0.1) is 6.92 Å². The molecule has 2 heteroatoms. The minimum atomic E-state index is 1.27. The lowest BCUT2D eigenvalue weighted by Crippen LogP contribution is -2.34. The maximum absolute atomic E-state index is 2.39. The quantitative estimate of drug-likeness (QED) is 0.275. The summed E-state index contributed by atoms with van der Waals surface area (Å²) in [6.07, 6.45) is 0. The standard InChI is InChI=1S/C27H20NS/c1-17-15-16-19-11-8-14-22-25(19)23(17)26-27(29-22)24(18-9-4-3-5-10-18)20-12-6-7-13-21(20)28(26)2/h3-16H,1-2H3/q+1. The third kappa shape index (κ3) is 2.33. The molecule has 29 heavy (non-hydrogen) atoms. The molecule has 0 saturated carbocycles. The van der Waals surface area contributed by atoms with Crippen molar-refractivity contribution in [3.8, 4) is 22.4 Å². The zero-order valence-corrected chi connectivity index (χ0v) is 17.3. The van der Waals surface area contributed by atoms with Crippen LogP contribution in [-0.4, -0.2) is 0 Å². The van der Waals surface area contributed by atoms with Gasteiger partial charge in [-0.05, 0) is 35.6 Å². The van der Waals surface area contributed by atoms with Gasteiger partial charge in [0, 0.05) is 21.9 Å². The Labute approximate surface area is 174 Å². The Morgan fingerprint density at radius 1 is 0.724 bits per heavy atom. The van der Waals surface area contributed by atoms with Gasteiger partial charge in [-0.15, -0.1) is 0 Å². The zero-order valence-electron chi connectivity index (χ0n) is 16.4. The van der Waals surface area contributed by atoms with Gasteiger partial charge < -0.3 is 0 Å². The molecule has 1 aliphatic heterocycles. The first kappa shape index (κ1) is 16.8. The van der Waals surface area contributed by atoms with Crippen molar-refractivity contribution in [1.29, 1.82) is 0 Å². The van der Waals surface area contributed by atoms with E-state index in [0.717, 1.165) is 0 Å². The van der Waals surface area contributed by atoms with Gasteiger partial charge in [-0.3, -0.25) is 0 Å². The number of nitrogens with zero attached hydrogens (tertiary/aromatic N) is 1. The van der Waals surface area contributed by atoms with E-state index in [2.05, 4.69) is 103 Å². The average molecular weight is 391 g/mol. The molecule has 6 rings (SSSR count). The van der Waals surface area contributed by atoms with Gasteiger partial charge >= 0.3 is 0 Å². The Morgan fingerprint density at radius 2 is 1.52 bits per heavy atom. The molecule has 0 fully saturated rings. The molecule has 0 unspecified atom stereocenters. The summed E-state index contributed by atoms with van der Waals surface area (Å²) in [5, 5.41) is 4.00. The average Bonchev–Trinajstić information content (AvgIpc) is 2.76. The first-order chi connectivity index (χ1) is 14.2. The summed E-state index contributed by atoms with van der Waals surface area (Å²) < 4.78 is 2.39. The molecule has 0 bridgehead atoms. The summed E-state index contributed by atoms with van der Waals surface area (Å²) in [6.45, 7) is 2.24. The largest absolute Gasteiger partial charge is 0.228 e. The number of aromatic nitrogens is 1. The van der Waals surface area contributed by atoms with E-state index >= 15 is 0 Å². The van der Waals surface area contributed by atoms with Crippen LogP contribution < -0.4 is 4.57 Å². The lowest BCUT2D eigenvalue weighted by Gasteiger charge is -2.23. The number of hydrogen-bond donors (Lipinski definition) is 0. The van der Waals surface area contributed by atoms with Crippen molar-refractivity contribution in [3.05, 3.63) is 90.5 Å². The highest BCUT2D eigenvalue weighted by atomic mass is 32.2. The van der Waals surface area contributed by atoms with Gasteiger partial charge in [-0.25, -0.2) is 0 Å². The highest BCUT2D eigenvalue weighted by molar-refractivity contribution is 8.00. The smallest absolute Gasteiger partial charge is 0.193 e. The predicted octanol–water partition coefficient (Wildman–Crippen LogP) is 6.92. The van der Waals surface area contributed by atoms with Crippen LogP contribution in [0.2, 0.25) is 0 Å². The molecule has 0 radical (unpaired) electrons. The minimum absolute atomic E-state index is 1.27. The second-order valence-corrected chi connectivity index (χ2v) is 8.76. The van der Waals surface area contributed by atoms with E-state index in [1.807, 2.05) is 11.8 Å². The van der Waals surface area contributed by atoms with Crippen LogP contribution in [-0.2, 0) is 7.05 Å². The Kier molecular flexibility index (Phi) is 3.60. The Bertz CT molecular complexity index is 1430. The molecule has 0 spiro atoms. The Morgan fingerprint density at radius 3 is 2.38 bits per heavy atom. The molecule has 1 aliphatic rings. The number of rotatable bonds is 1. The van der Waals surface area contributed by atoms with E-state index in [-0.39, 0.29) is 0 Å². The van der Waals surface area contributed by atoms with Crippen LogP contribution in [0.5, 0.6) is 0 Å². The van der Waals surface area contributed by atoms with Crippen molar-refractivity contribution < 1.29 is 4.57 Å². The van der Waals surface area contributed by atoms with Crippen LogP contribution in [0.4, 0.5) is 0 Å². The molecule has 0 atom stereocenters. The SMILES string of the molecule is Cc1ccc2cccc3c2c1-c1c(c(-c2ccccc2)c2ccccc2[n+]1C)S3. The van der Waals surface area contributed by atoms with Gasteiger partial charge in [-0.1, -0.05) is 78.5 Å². The maximum Gasteiger partial charge on any atom is 0.228 e. The first-order valence-electron chi connectivity index (χ1n) is 9.95. The van der Waals surface area contributed by atoms with Crippen molar-refractivity contribution in [3.63, 3.8) is 0 Å². The highest BCUT2D eigenvalue weighted by Gasteiger charge is 2.32. The van der Waals surface area contributed by atoms with E-state index in [1.54, 1.807) is 0 Å². The van der Waals surface area contributed by atoms with Crippen LogP contribution in [0.3, 0.4) is 0 Å². The Hall–Kier alpha value is -3.10. The fourth-order valence-electron chi connectivity index (χ4n) is 4.71. The van der Waals surface area contributed by atoms with Gasteiger partial charge in [0.15, 0.2) is 0 Å². The third-order valence-corrected chi connectivity index (χ3v) is 7.20. The van der Waals surface area contributed by atoms with Crippen molar-refractivity contribution in [2.75, 3.05) is 0 Å². The van der Waals surface area contributed by atoms with Crippen molar-refractivity contribution in [2.24, 2.45) is 7.05 Å². The molecule has 0 saturated heterocycles. The molecule has 5 aromatic rings. The number of hydrogen-bond acceptors (Lipinski definition) is 1. The number of para-hydroxylation sites is 1. The molecular weight excluding hydrogens is 370 g/mol. The van der Waals surface area contributed by atoms with E-state index in [4.69, 9.17) is 0 Å². The van der Waals surface area contributed by atoms with E-state index in [1.165, 1.54) is 59.4 Å². The molecule has 0 aliphatic carbocycles. The van der Waals surface area contributed by atoms with Crippen LogP contribution in [0.1, 0.15) is 5.56 Å². The number of fused-ring (bicyclic) bond motifs is 3. The van der Waals surface area contributed by atoms with Crippen molar-refractivity contribution in [2.45, 2.75) is 16.7 Å². The molecule has 0 N–H and O–H groups in total. The molecule has 1 nitrogen and oxygen atoms in total. The number of benzene rings is 4. The first-order valence-corrected chi connectivity index (χ1v) is 10.8. The lowest BCUT2D eigenvalue weighted by molar-refractivity contribution is -0.635. The van der Waals surface area contributed by atoms with E-state index in [0.29, 0.717) is 0 Å². The summed E-state index contributed by atoms with van der Waals surface area (Å²) in [6, 6.07) is 30.8.